The Morgan fingerprint density at radius 3 is 2.86 bits per heavy atom. The quantitative estimate of drug-likeness (QED) is 0.637. The summed E-state index contributed by atoms with van der Waals surface area (Å²) in [7, 11) is 1.37. The molecular formula is C10H16O4. The predicted molar refractivity (Wildman–Crippen MR) is 48.4 cm³/mol. The third kappa shape index (κ3) is 1.33. The molecule has 0 radical (unpaired) electrons. The minimum Gasteiger partial charge on any atom is -0.469 e. The van der Waals surface area contributed by atoms with Gasteiger partial charge < -0.3 is 14.6 Å². The van der Waals surface area contributed by atoms with Gasteiger partial charge >= 0.3 is 5.97 Å². The van der Waals surface area contributed by atoms with Gasteiger partial charge in [-0.3, -0.25) is 4.79 Å². The molecule has 3 atom stereocenters. The highest BCUT2D eigenvalue weighted by Gasteiger charge is 2.58. The minimum absolute atomic E-state index is 0.273. The van der Waals surface area contributed by atoms with Gasteiger partial charge in [0.1, 0.15) is 0 Å². The molecule has 2 aliphatic rings. The van der Waals surface area contributed by atoms with Crippen molar-refractivity contribution in [1.29, 1.82) is 0 Å². The number of rotatable bonds is 1. The fraction of sp³-hybridized carbons (Fsp3) is 0.900. The van der Waals surface area contributed by atoms with Gasteiger partial charge in [-0.05, 0) is 19.8 Å². The van der Waals surface area contributed by atoms with Gasteiger partial charge in [0.25, 0.3) is 0 Å². The lowest BCUT2D eigenvalue weighted by atomic mass is 9.86. The molecule has 2 heterocycles. The Morgan fingerprint density at radius 2 is 2.29 bits per heavy atom. The van der Waals surface area contributed by atoms with Crippen LogP contribution in [0.5, 0.6) is 0 Å². The van der Waals surface area contributed by atoms with E-state index in [9.17, 15) is 9.90 Å². The highest BCUT2D eigenvalue weighted by molar-refractivity contribution is 5.74. The van der Waals surface area contributed by atoms with Crippen molar-refractivity contribution in [2.75, 3.05) is 7.11 Å². The molecule has 0 aromatic rings. The van der Waals surface area contributed by atoms with Gasteiger partial charge in [-0.1, -0.05) is 0 Å². The molecule has 2 saturated heterocycles. The van der Waals surface area contributed by atoms with Crippen molar-refractivity contribution in [2.45, 2.75) is 44.0 Å². The highest BCUT2D eigenvalue weighted by Crippen LogP contribution is 2.50. The number of fused-ring (bicyclic) bond motifs is 2. The maximum atomic E-state index is 11.5. The largest absolute Gasteiger partial charge is 0.469 e. The summed E-state index contributed by atoms with van der Waals surface area (Å²) in [5.74, 6) is -1.68. The topological polar surface area (TPSA) is 55.8 Å². The maximum Gasteiger partial charge on any atom is 0.311 e. The first kappa shape index (κ1) is 9.93. The van der Waals surface area contributed by atoms with Crippen LogP contribution < -0.4 is 0 Å². The molecular weight excluding hydrogens is 184 g/mol. The molecule has 4 nitrogen and oxygen atoms in total. The first-order valence-electron chi connectivity index (χ1n) is 4.99. The van der Waals surface area contributed by atoms with E-state index in [1.807, 2.05) is 6.92 Å². The van der Waals surface area contributed by atoms with Crippen molar-refractivity contribution in [2.24, 2.45) is 5.92 Å². The van der Waals surface area contributed by atoms with E-state index < -0.39 is 11.4 Å². The molecule has 0 amide bonds. The molecule has 3 unspecified atom stereocenters. The Hall–Kier alpha value is -0.610. The van der Waals surface area contributed by atoms with Crippen LogP contribution in [0.1, 0.15) is 32.6 Å². The van der Waals surface area contributed by atoms with E-state index in [1.165, 1.54) is 7.11 Å². The van der Waals surface area contributed by atoms with E-state index >= 15 is 0 Å². The van der Waals surface area contributed by atoms with Gasteiger partial charge in [0.15, 0.2) is 5.79 Å². The van der Waals surface area contributed by atoms with E-state index in [1.54, 1.807) is 0 Å². The van der Waals surface area contributed by atoms with E-state index in [-0.39, 0.29) is 11.9 Å². The molecule has 14 heavy (non-hydrogen) atoms. The summed E-state index contributed by atoms with van der Waals surface area (Å²) in [6, 6.07) is 0. The van der Waals surface area contributed by atoms with Gasteiger partial charge in [0, 0.05) is 12.8 Å². The summed E-state index contributed by atoms with van der Waals surface area (Å²) >= 11 is 0. The number of ether oxygens (including phenoxy) is 2. The predicted octanol–water partition coefficient (Wildman–Crippen LogP) is 0.827. The van der Waals surface area contributed by atoms with Gasteiger partial charge in [0.2, 0.25) is 0 Å². The van der Waals surface area contributed by atoms with Crippen LogP contribution >= 0.6 is 0 Å². The fourth-order valence-electron chi connectivity index (χ4n) is 2.65. The molecule has 2 aliphatic heterocycles. The monoisotopic (exact) mass is 200 g/mol. The van der Waals surface area contributed by atoms with Crippen LogP contribution in [-0.4, -0.2) is 29.6 Å². The second-order valence-electron chi connectivity index (χ2n) is 4.49. The van der Waals surface area contributed by atoms with Crippen molar-refractivity contribution < 1.29 is 19.4 Å². The number of esters is 1. The van der Waals surface area contributed by atoms with Crippen LogP contribution in [0.25, 0.3) is 0 Å². The minimum atomic E-state index is -1.09. The summed E-state index contributed by atoms with van der Waals surface area (Å²) in [6.07, 6.45) is 2.71. The molecule has 0 spiro atoms. The number of carbonyl (C=O) groups excluding carboxylic acids is 1. The lowest BCUT2D eigenvalue weighted by molar-refractivity contribution is -0.245. The maximum absolute atomic E-state index is 11.5. The number of carbonyl (C=O) groups is 1. The van der Waals surface area contributed by atoms with Crippen molar-refractivity contribution in [3.63, 3.8) is 0 Å². The standard InChI is InChI=1S/C10H16O4/c1-9-4-3-5-10(12,14-9)6-7(9)8(11)13-2/h7,12H,3-6H2,1-2H3. The van der Waals surface area contributed by atoms with E-state index in [0.717, 1.165) is 12.8 Å². The van der Waals surface area contributed by atoms with Crippen molar-refractivity contribution in [1.82, 2.24) is 0 Å². The SMILES string of the molecule is COC(=O)C1CC2(O)CCCC1(C)O2. The van der Waals surface area contributed by atoms with E-state index in [0.29, 0.717) is 12.8 Å². The molecule has 0 aromatic heterocycles. The fourth-order valence-corrected chi connectivity index (χ4v) is 2.65. The smallest absolute Gasteiger partial charge is 0.311 e. The molecule has 0 saturated carbocycles. The van der Waals surface area contributed by atoms with E-state index in [2.05, 4.69) is 0 Å². The van der Waals surface area contributed by atoms with Gasteiger partial charge in [-0.25, -0.2) is 0 Å². The first-order valence-corrected chi connectivity index (χ1v) is 4.99. The van der Waals surface area contributed by atoms with Gasteiger partial charge in [-0.2, -0.15) is 0 Å². The number of hydrogen-bond donors (Lipinski definition) is 1. The van der Waals surface area contributed by atoms with Crippen molar-refractivity contribution in [3.05, 3.63) is 0 Å². The highest BCUT2D eigenvalue weighted by atomic mass is 16.6. The summed E-state index contributed by atoms with van der Waals surface area (Å²) in [5, 5.41) is 9.97. The molecule has 1 N–H and O–H groups in total. The summed E-state index contributed by atoms with van der Waals surface area (Å²) in [4.78, 5) is 11.5. The Morgan fingerprint density at radius 1 is 1.57 bits per heavy atom. The zero-order valence-electron chi connectivity index (χ0n) is 8.58. The van der Waals surface area contributed by atoms with Crippen LogP contribution in [-0.2, 0) is 14.3 Å². The van der Waals surface area contributed by atoms with Crippen LogP contribution in [0.4, 0.5) is 0 Å². The first-order chi connectivity index (χ1) is 6.49. The van der Waals surface area contributed by atoms with Crippen LogP contribution in [0, 0.1) is 5.92 Å². The number of methoxy groups -OCH3 is 1. The van der Waals surface area contributed by atoms with E-state index in [4.69, 9.17) is 9.47 Å². The van der Waals surface area contributed by atoms with Crippen LogP contribution in [0.2, 0.25) is 0 Å². The number of aliphatic hydroxyl groups is 1. The molecule has 2 bridgehead atoms. The second-order valence-corrected chi connectivity index (χ2v) is 4.49. The second kappa shape index (κ2) is 2.94. The normalized spacial score (nSPS) is 46.4. The van der Waals surface area contributed by atoms with Gasteiger partial charge in [0.05, 0.1) is 18.6 Å². The third-order valence-corrected chi connectivity index (χ3v) is 3.41. The number of hydrogen-bond acceptors (Lipinski definition) is 4. The lowest BCUT2D eigenvalue weighted by Gasteiger charge is -2.35. The molecule has 2 rings (SSSR count). The summed E-state index contributed by atoms with van der Waals surface area (Å²) < 4.78 is 10.3. The Balaban J connectivity index is 2.24. The van der Waals surface area contributed by atoms with Crippen LogP contribution in [0.15, 0.2) is 0 Å². The molecule has 0 aliphatic carbocycles. The average molecular weight is 200 g/mol. The molecule has 2 fully saturated rings. The molecule has 4 heteroatoms. The lowest BCUT2D eigenvalue weighted by Crippen LogP contribution is -2.41. The Kier molecular flexibility index (Phi) is 2.08. The Labute approximate surface area is 83.2 Å². The summed E-state index contributed by atoms with van der Waals surface area (Å²) in [6.45, 7) is 1.88. The molecule has 80 valence electrons. The zero-order chi connectivity index (χ0) is 10.4. The average Bonchev–Trinajstić information content (AvgIpc) is 2.30. The summed E-state index contributed by atoms with van der Waals surface area (Å²) in [5.41, 5.74) is -0.528. The van der Waals surface area contributed by atoms with Crippen molar-refractivity contribution >= 4 is 5.97 Å². The molecule has 0 aromatic carbocycles. The van der Waals surface area contributed by atoms with Crippen molar-refractivity contribution in [3.8, 4) is 0 Å². The Bertz CT molecular complexity index is 265. The van der Waals surface area contributed by atoms with Gasteiger partial charge in [-0.15, -0.1) is 0 Å². The zero-order valence-corrected chi connectivity index (χ0v) is 8.58. The third-order valence-electron chi connectivity index (χ3n) is 3.41. The van der Waals surface area contributed by atoms with Crippen LogP contribution in [0.3, 0.4) is 0 Å².